The van der Waals surface area contributed by atoms with E-state index in [0.29, 0.717) is 6.42 Å². The standard InChI is InChI=1S/C23H36N2O11/c1-4-13(20(30)31)24-10(2)19(29)25-14-8-6-5-7-12(14)9-15(25)21(32)36-23(22(33)34)18(28)17(27)16(26)11(3)35-23/h10-18,24,26-28H,4-9H2,1-3H3,(H,30,31)(H,33,34). The summed E-state index contributed by atoms with van der Waals surface area (Å²) in [5, 5.41) is 52.5. The third kappa shape index (κ3) is 5.07. The molecule has 13 nitrogen and oxygen atoms in total. The number of likely N-dealkylation sites (tertiary alicyclic amines) is 1. The number of carboxylic acids is 2. The summed E-state index contributed by atoms with van der Waals surface area (Å²) in [4.78, 5) is 51.8. The minimum absolute atomic E-state index is 0.0433. The third-order valence-corrected chi connectivity index (χ3v) is 7.60. The highest BCUT2D eigenvalue weighted by atomic mass is 16.8. The molecule has 0 bridgehead atoms. The van der Waals surface area contributed by atoms with Crippen LogP contribution < -0.4 is 5.32 Å². The van der Waals surface area contributed by atoms with Crippen LogP contribution in [0, 0.1) is 5.92 Å². The zero-order valence-electron chi connectivity index (χ0n) is 20.6. The number of carboxylic acid groups (broad SMARTS) is 2. The van der Waals surface area contributed by atoms with Crippen molar-refractivity contribution in [2.75, 3.05) is 0 Å². The third-order valence-electron chi connectivity index (χ3n) is 7.60. The van der Waals surface area contributed by atoms with Gasteiger partial charge in [-0.15, -0.1) is 0 Å². The lowest BCUT2D eigenvalue weighted by atomic mass is 9.84. The van der Waals surface area contributed by atoms with Crippen molar-refractivity contribution in [3.05, 3.63) is 0 Å². The first-order valence-corrected chi connectivity index (χ1v) is 12.3. The van der Waals surface area contributed by atoms with E-state index >= 15 is 0 Å². The first kappa shape index (κ1) is 28.3. The number of aliphatic carboxylic acids is 2. The van der Waals surface area contributed by atoms with Crippen LogP contribution in [0.15, 0.2) is 0 Å². The molecule has 3 fully saturated rings. The fourth-order valence-electron chi connectivity index (χ4n) is 5.58. The van der Waals surface area contributed by atoms with Gasteiger partial charge in [-0.3, -0.25) is 14.9 Å². The van der Waals surface area contributed by atoms with Crippen LogP contribution in [0.3, 0.4) is 0 Å². The maximum Gasteiger partial charge on any atom is 0.380 e. The second-order valence-corrected chi connectivity index (χ2v) is 9.94. The number of amides is 1. The molecule has 36 heavy (non-hydrogen) atoms. The van der Waals surface area contributed by atoms with Crippen LogP contribution in [-0.4, -0.2) is 109 Å². The number of ether oxygens (including phenoxy) is 2. The summed E-state index contributed by atoms with van der Waals surface area (Å²) in [5.41, 5.74) is 0. The predicted molar refractivity (Wildman–Crippen MR) is 120 cm³/mol. The van der Waals surface area contributed by atoms with Crippen molar-refractivity contribution in [3.8, 4) is 0 Å². The summed E-state index contributed by atoms with van der Waals surface area (Å²) >= 11 is 0. The summed E-state index contributed by atoms with van der Waals surface area (Å²) in [6, 6.07) is -3.45. The van der Waals surface area contributed by atoms with E-state index in [9.17, 15) is 44.7 Å². The number of fused-ring (bicyclic) bond motifs is 1. The van der Waals surface area contributed by atoms with E-state index in [1.54, 1.807) is 6.92 Å². The van der Waals surface area contributed by atoms with Gasteiger partial charge in [0.15, 0.2) is 6.10 Å². The SMILES string of the molecule is CCC(NC(C)C(=O)N1C(C(=O)OC2(C(=O)O)OC(C)C(O)C(O)C2O)CC2CCCCC21)C(=O)O. The van der Waals surface area contributed by atoms with Crippen molar-refractivity contribution in [2.45, 2.75) is 114 Å². The fourth-order valence-corrected chi connectivity index (χ4v) is 5.58. The summed E-state index contributed by atoms with van der Waals surface area (Å²) in [5.74, 6) is -7.68. The minimum Gasteiger partial charge on any atom is -0.480 e. The van der Waals surface area contributed by atoms with Gasteiger partial charge in [-0.2, -0.15) is 0 Å². The van der Waals surface area contributed by atoms with E-state index in [4.69, 9.17) is 9.47 Å². The Morgan fingerprint density at radius 1 is 1.11 bits per heavy atom. The van der Waals surface area contributed by atoms with E-state index in [-0.39, 0.29) is 24.8 Å². The summed E-state index contributed by atoms with van der Waals surface area (Å²) in [6.07, 6.45) is -3.65. The quantitative estimate of drug-likeness (QED) is 0.211. The maximum atomic E-state index is 13.5. The number of nitrogens with zero attached hydrogens (tertiary/aromatic N) is 1. The number of esters is 1. The second-order valence-electron chi connectivity index (χ2n) is 9.94. The Labute approximate surface area is 208 Å². The van der Waals surface area contributed by atoms with Crippen LogP contribution in [-0.2, 0) is 28.7 Å². The van der Waals surface area contributed by atoms with Crippen molar-refractivity contribution in [2.24, 2.45) is 5.92 Å². The smallest absolute Gasteiger partial charge is 0.380 e. The topological polar surface area (TPSA) is 203 Å². The van der Waals surface area contributed by atoms with Crippen LogP contribution in [0.5, 0.6) is 0 Å². The van der Waals surface area contributed by atoms with E-state index < -0.39 is 72.1 Å². The summed E-state index contributed by atoms with van der Waals surface area (Å²) < 4.78 is 10.5. The fraction of sp³-hybridized carbons (Fsp3) is 0.826. The molecular weight excluding hydrogens is 480 g/mol. The Hall–Kier alpha value is -2.32. The molecule has 0 aromatic rings. The molecule has 1 saturated carbocycles. The number of hydrogen-bond acceptors (Lipinski definition) is 10. The lowest BCUT2D eigenvalue weighted by Gasteiger charge is -2.44. The van der Waals surface area contributed by atoms with E-state index in [0.717, 1.165) is 19.3 Å². The maximum absolute atomic E-state index is 13.5. The van der Waals surface area contributed by atoms with Gasteiger partial charge in [0.25, 0.3) is 0 Å². The van der Waals surface area contributed by atoms with E-state index in [1.165, 1.54) is 18.7 Å². The molecular formula is C23H36N2O11. The molecule has 2 aliphatic heterocycles. The van der Waals surface area contributed by atoms with Gasteiger partial charge in [-0.05, 0) is 45.4 Å². The number of aliphatic hydroxyl groups is 3. The van der Waals surface area contributed by atoms with Crippen molar-refractivity contribution in [1.82, 2.24) is 10.2 Å². The molecule has 2 saturated heterocycles. The normalized spacial score (nSPS) is 38.1. The number of carbonyl (C=O) groups excluding carboxylic acids is 2. The van der Waals surface area contributed by atoms with Crippen LogP contribution in [0.2, 0.25) is 0 Å². The molecule has 1 amide bonds. The predicted octanol–water partition coefficient (Wildman–Crippen LogP) is -1.19. The van der Waals surface area contributed by atoms with Crippen LogP contribution in [0.25, 0.3) is 0 Å². The number of rotatable bonds is 8. The van der Waals surface area contributed by atoms with Crippen LogP contribution >= 0.6 is 0 Å². The Morgan fingerprint density at radius 3 is 2.33 bits per heavy atom. The molecule has 0 radical (unpaired) electrons. The Kier molecular flexibility index (Phi) is 8.61. The van der Waals surface area contributed by atoms with Gasteiger partial charge in [0.2, 0.25) is 5.91 Å². The molecule has 6 N–H and O–H groups in total. The first-order chi connectivity index (χ1) is 16.8. The summed E-state index contributed by atoms with van der Waals surface area (Å²) in [6.45, 7) is 4.41. The van der Waals surface area contributed by atoms with Gasteiger partial charge in [0.05, 0.1) is 12.1 Å². The molecule has 10 unspecified atom stereocenters. The van der Waals surface area contributed by atoms with E-state index in [1.807, 2.05) is 0 Å². The zero-order chi connectivity index (χ0) is 26.9. The lowest BCUT2D eigenvalue weighted by molar-refractivity contribution is -0.336. The highest BCUT2D eigenvalue weighted by molar-refractivity contribution is 5.90. The number of hydrogen-bond donors (Lipinski definition) is 6. The first-order valence-electron chi connectivity index (χ1n) is 12.3. The highest BCUT2D eigenvalue weighted by Crippen LogP contribution is 2.41. The van der Waals surface area contributed by atoms with Gasteiger partial charge in [-0.25, -0.2) is 9.59 Å². The highest BCUT2D eigenvalue weighted by Gasteiger charge is 2.62. The molecule has 13 heteroatoms. The van der Waals surface area contributed by atoms with Crippen molar-refractivity contribution in [3.63, 3.8) is 0 Å². The molecule has 3 rings (SSSR count). The monoisotopic (exact) mass is 516 g/mol. The van der Waals surface area contributed by atoms with Gasteiger partial charge in [0.1, 0.15) is 24.3 Å². The number of carbonyl (C=O) groups is 4. The lowest BCUT2D eigenvalue weighted by Crippen LogP contribution is -2.69. The van der Waals surface area contributed by atoms with Crippen molar-refractivity contribution >= 4 is 23.8 Å². The number of aliphatic hydroxyl groups excluding tert-OH is 3. The Balaban J connectivity index is 1.88. The van der Waals surface area contributed by atoms with Gasteiger partial charge >= 0.3 is 23.7 Å². The Bertz CT molecular complexity index is 869. The average Bonchev–Trinajstić information content (AvgIpc) is 3.23. The molecule has 3 aliphatic rings. The molecule has 2 heterocycles. The van der Waals surface area contributed by atoms with Crippen LogP contribution in [0.1, 0.15) is 59.3 Å². The van der Waals surface area contributed by atoms with Gasteiger partial charge in [0, 0.05) is 6.04 Å². The molecule has 0 aromatic carbocycles. The molecule has 0 spiro atoms. The molecule has 204 valence electrons. The largest absolute Gasteiger partial charge is 0.480 e. The second kappa shape index (κ2) is 11.0. The van der Waals surface area contributed by atoms with Gasteiger partial charge in [-0.1, -0.05) is 19.8 Å². The zero-order valence-corrected chi connectivity index (χ0v) is 20.6. The van der Waals surface area contributed by atoms with Crippen molar-refractivity contribution in [1.29, 1.82) is 0 Å². The van der Waals surface area contributed by atoms with Crippen molar-refractivity contribution < 1.29 is 54.2 Å². The van der Waals surface area contributed by atoms with Crippen LogP contribution in [0.4, 0.5) is 0 Å². The average molecular weight is 517 g/mol. The molecule has 0 aromatic heterocycles. The molecule has 1 aliphatic carbocycles. The molecule has 10 atom stereocenters. The Morgan fingerprint density at radius 2 is 1.75 bits per heavy atom. The number of nitrogens with one attached hydrogen (secondary N) is 1. The minimum atomic E-state index is -2.99. The van der Waals surface area contributed by atoms with E-state index in [2.05, 4.69) is 5.32 Å². The summed E-state index contributed by atoms with van der Waals surface area (Å²) in [7, 11) is 0. The van der Waals surface area contributed by atoms with Gasteiger partial charge < -0.3 is 39.9 Å².